The second-order valence-corrected chi connectivity index (χ2v) is 4.56. The lowest BCUT2D eigenvalue weighted by Crippen LogP contribution is -2.36. The number of piperidine rings is 1. The zero-order valence-corrected chi connectivity index (χ0v) is 10.1. The van der Waals surface area contributed by atoms with Crippen LogP contribution in [-0.2, 0) is 4.79 Å². The first kappa shape index (κ1) is 11.8. The Balaban J connectivity index is 2.00. The second kappa shape index (κ2) is 5.13. The van der Waals surface area contributed by atoms with Crippen molar-refractivity contribution < 1.29 is 9.59 Å². The topological polar surface area (TPSA) is 37.4 Å². The molecule has 3 heteroatoms. The molecule has 0 aliphatic carbocycles. The average Bonchev–Trinajstić information content (AvgIpc) is 2.39. The Hall–Kier alpha value is -1.64. The van der Waals surface area contributed by atoms with E-state index in [4.69, 9.17) is 0 Å². The molecule has 0 radical (unpaired) electrons. The first-order chi connectivity index (χ1) is 8.20. The van der Waals surface area contributed by atoms with E-state index in [1.807, 2.05) is 29.2 Å². The van der Waals surface area contributed by atoms with Crippen LogP contribution in [-0.4, -0.2) is 30.2 Å². The Morgan fingerprint density at radius 3 is 2.29 bits per heavy atom. The van der Waals surface area contributed by atoms with E-state index in [1.54, 1.807) is 6.92 Å². The van der Waals surface area contributed by atoms with E-state index in [1.165, 1.54) is 5.56 Å². The largest absolute Gasteiger partial charge is 0.343 e. The van der Waals surface area contributed by atoms with Crippen molar-refractivity contribution in [1.29, 1.82) is 0 Å². The molecule has 3 nitrogen and oxygen atoms in total. The van der Waals surface area contributed by atoms with Crippen molar-refractivity contribution in [1.82, 2.24) is 4.90 Å². The van der Waals surface area contributed by atoms with Gasteiger partial charge in [-0.3, -0.25) is 9.59 Å². The normalized spacial score (nSPS) is 16.9. The maximum atomic E-state index is 11.2. The molecule has 1 heterocycles. The van der Waals surface area contributed by atoms with E-state index >= 15 is 0 Å². The highest BCUT2D eigenvalue weighted by Gasteiger charge is 2.21. The molecule has 1 aliphatic rings. The van der Waals surface area contributed by atoms with Gasteiger partial charge in [0.05, 0.1) is 0 Å². The number of carbonyl (C=O) groups excluding carboxylic acids is 2. The Morgan fingerprint density at radius 1 is 1.24 bits per heavy atom. The third-order valence-electron chi connectivity index (χ3n) is 3.48. The molecule has 1 aromatic carbocycles. The predicted octanol–water partition coefficient (Wildman–Crippen LogP) is 2.22. The van der Waals surface area contributed by atoms with Crippen LogP contribution in [0.5, 0.6) is 0 Å². The van der Waals surface area contributed by atoms with Crippen molar-refractivity contribution in [3.8, 4) is 0 Å². The number of hydrogen-bond donors (Lipinski definition) is 0. The predicted molar refractivity (Wildman–Crippen MR) is 66.1 cm³/mol. The first-order valence-corrected chi connectivity index (χ1v) is 6.01. The molecule has 0 bridgehead atoms. The lowest BCUT2D eigenvalue weighted by Gasteiger charge is -2.31. The van der Waals surface area contributed by atoms with Crippen molar-refractivity contribution in [2.24, 2.45) is 0 Å². The van der Waals surface area contributed by atoms with Crippen molar-refractivity contribution in [3.63, 3.8) is 0 Å². The van der Waals surface area contributed by atoms with Gasteiger partial charge in [-0.25, -0.2) is 0 Å². The van der Waals surface area contributed by atoms with Crippen molar-refractivity contribution >= 4 is 12.2 Å². The van der Waals surface area contributed by atoms with E-state index in [0.29, 0.717) is 5.92 Å². The highest BCUT2D eigenvalue weighted by molar-refractivity contribution is 5.74. The molecule has 1 saturated heterocycles. The number of nitrogens with zero attached hydrogens (tertiary/aromatic N) is 1. The Kier molecular flexibility index (Phi) is 3.57. The summed E-state index contributed by atoms with van der Waals surface area (Å²) in [5.74, 6) is 0.686. The number of likely N-dealkylation sites (tertiary alicyclic amines) is 1. The highest BCUT2D eigenvalue weighted by atomic mass is 16.2. The summed E-state index contributed by atoms with van der Waals surface area (Å²) in [5.41, 5.74) is 1.99. The zero-order chi connectivity index (χ0) is 12.3. The summed E-state index contributed by atoms with van der Waals surface area (Å²) in [6.07, 6.45) is 2.89. The van der Waals surface area contributed by atoms with Gasteiger partial charge >= 0.3 is 0 Å². The van der Waals surface area contributed by atoms with Crippen molar-refractivity contribution in [2.45, 2.75) is 25.7 Å². The Morgan fingerprint density at radius 2 is 1.82 bits per heavy atom. The molecule has 0 aromatic heterocycles. The number of rotatable bonds is 2. The molecule has 0 spiro atoms. The monoisotopic (exact) mass is 231 g/mol. The van der Waals surface area contributed by atoms with Crippen LogP contribution in [0.25, 0.3) is 0 Å². The van der Waals surface area contributed by atoms with Gasteiger partial charge in [0.1, 0.15) is 6.29 Å². The fourth-order valence-electron chi connectivity index (χ4n) is 2.37. The van der Waals surface area contributed by atoms with Crippen LogP contribution < -0.4 is 0 Å². The zero-order valence-electron chi connectivity index (χ0n) is 10.1. The molecule has 90 valence electrons. The van der Waals surface area contributed by atoms with Crippen LogP contribution in [0.2, 0.25) is 0 Å². The van der Waals surface area contributed by atoms with Gasteiger partial charge in [-0.05, 0) is 24.3 Å². The van der Waals surface area contributed by atoms with E-state index < -0.39 is 0 Å². The second-order valence-electron chi connectivity index (χ2n) is 4.56. The van der Waals surface area contributed by atoms with E-state index in [9.17, 15) is 9.59 Å². The minimum atomic E-state index is 0.166. The lowest BCUT2D eigenvalue weighted by molar-refractivity contribution is -0.129. The molecular formula is C14H17NO2. The number of hydrogen-bond acceptors (Lipinski definition) is 2. The van der Waals surface area contributed by atoms with Gasteiger partial charge in [-0.1, -0.05) is 24.3 Å². The summed E-state index contributed by atoms with van der Waals surface area (Å²) in [4.78, 5) is 23.7. The van der Waals surface area contributed by atoms with Gasteiger partial charge in [0.2, 0.25) is 5.91 Å². The smallest absolute Gasteiger partial charge is 0.219 e. The number of carbonyl (C=O) groups is 2. The van der Waals surface area contributed by atoms with Gasteiger partial charge in [0.25, 0.3) is 0 Å². The van der Waals surface area contributed by atoms with Crippen LogP contribution >= 0.6 is 0 Å². The van der Waals surface area contributed by atoms with E-state index in [-0.39, 0.29) is 5.91 Å². The average molecular weight is 231 g/mol. The third-order valence-corrected chi connectivity index (χ3v) is 3.48. The summed E-state index contributed by atoms with van der Waals surface area (Å²) in [5, 5.41) is 0. The van der Waals surface area contributed by atoms with E-state index in [2.05, 4.69) is 0 Å². The molecule has 1 aliphatic heterocycles. The number of benzene rings is 1. The van der Waals surface area contributed by atoms with Gasteiger partial charge in [-0.2, -0.15) is 0 Å². The Labute approximate surface area is 101 Å². The van der Waals surface area contributed by atoms with Gasteiger partial charge < -0.3 is 4.90 Å². The molecule has 0 atom stereocenters. The molecule has 1 amide bonds. The number of amides is 1. The summed E-state index contributed by atoms with van der Waals surface area (Å²) in [6, 6.07) is 7.77. The van der Waals surface area contributed by atoms with E-state index in [0.717, 1.165) is 37.8 Å². The van der Waals surface area contributed by atoms with Crippen LogP contribution in [0.3, 0.4) is 0 Å². The van der Waals surface area contributed by atoms with Crippen LogP contribution in [0, 0.1) is 0 Å². The molecule has 17 heavy (non-hydrogen) atoms. The summed E-state index contributed by atoms with van der Waals surface area (Å²) < 4.78 is 0. The molecule has 2 rings (SSSR count). The first-order valence-electron chi connectivity index (χ1n) is 6.01. The summed E-state index contributed by atoms with van der Waals surface area (Å²) >= 11 is 0. The minimum Gasteiger partial charge on any atom is -0.343 e. The molecule has 0 N–H and O–H groups in total. The third kappa shape index (κ3) is 2.73. The van der Waals surface area contributed by atoms with Crippen LogP contribution in [0.15, 0.2) is 24.3 Å². The SMILES string of the molecule is CC(=O)N1CCC(c2ccc(C=O)cc2)CC1. The van der Waals surface area contributed by atoms with Gasteiger partial charge in [0.15, 0.2) is 0 Å². The summed E-state index contributed by atoms with van der Waals surface area (Å²) in [6.45, 7) is 3.31. The van der Waals surface area contributed by atoms with Gasteiger partial charge in [0, 0.05) is 25.6 Å². The summed E-state index contributed by atoms with van der Waals surface area (Å²) in [7, 11) is 0. The maximum Gasteiger partial charge on any atom is 0.219 e. The minimum absolute atomic E-state index is 0.166. The lowest BCUT2D eigenvalue weighted by atomic mass is 9.89. The fourth-order valence-corrected chi connectivity index (χ4v) is 2.37. The molecule has 0 saturated carbocycles. The molecular weight excluding hydrogens is 214 g/mol. The molecule has 0 unspecified atom stereocenters. The van der Waals surface area contributed by atoms with Gasteiger partial charge in [-0.15, -0.1) is 0 Å². The quantitative estimate of drug-likeness (QED) is 0.732. The maximum absolute atomic E-state index is 11.2. The highest BCUT2D eigenvalue weighted by Crippen LogP contribution is 2.27. The van der Waals surface area contributed by atoms with Crippen molar-refractivity contribution in [3.05, 3.63) is 35.4 Å². The van der Waals surface area contributed by atoms with Crippen molar-refractivity contribution in [2.75, 3.05) is 13.1 Å². The van der Waals surface area contributed by atoms with Crippen LogP contribution in [0.1, 0.15) is 41.6 Å². The fraction of sp³-hybridized carbons (Fsp3) is 0.429. The molecule has 1 aromatic rings. The number of aldehydes is 1. The van der Waals surface area contributed by atoms with Crippen LogP contribution in [0.4, 0.5) is 0 Å². The Bertz CT molecular complexity index is 403. The standard InChI is InChI=1S/C14H17NO2/c1-11(17)15-8-6-14(7-9-15)13-4-2-12(10-16)3-5-13/h2-5,10,14H,6-9H2,1H3. The molecule has 1 fully saturated rings.